The van der Waals surface area contributed by atoms with Crippen LogP contribution in [0.25, 0.3) is 0 Å². The molecule has 3 unspecified atom stereocenters. The molecule has 0 spiro atoms. The monoisotopic (exact) mass is 1070 g/mol. The Morgan fingerprint density at radius 1 is 0.840 bits per heavy atom. The van der Waals surface area contributed by atoms with Crippen molar-refractivity contribution in [2.45, 2.75) is 186 Å². The summed E-state index contributed by atoms with van der Waals surface area (Å²) < 4.78 is 77.4. The zero-order valence-electron chi connectivity index (χ0n) is 45.6. The smallest absolute Gasteiger partial charge is 0.411 e. The first-order valence-corrected chi connectivity index (χ1v) is 26.9. The number of fused-ring (bicyclic) bond motifs is 3. The van der Waals surface area contributed by atoms with Gasteiger partial charge in [0.2, 0.25) is 5.79 Å². The minimum absolute atomic E-state index is 0.0191. The van der Waals surface area contributed by atoms with Gasteiger partial charge in [-0.1, -0.05) is 71.1 Å². The van der Waals surface area contributed by atoms with Gasteiger partial charge in [0, 0.05) is 51.4 Å². The Morgan fingerprint density at radius 3 is 2.24 bits per heavy atom. The Labute approximate surface area is 441 Å². The molecule has 2 saturated heterocycles. The van der Waals surface area contributed by atoms with Gasteiger partial charge >= 0.3 is 12.1 Å². The quantitative estimate of drug-likeness (QED) is 0.0723. The third-order valence-corrected chi connectivity index (χ3v) is 15.4. The molecular formula is C56H86F3NO15. The third kappa shape index (κ3) is 19.3. The van der Waals surface area contributed by atoms with Gasteiger partial charge < -0.3 is 53.4 Å². The lowest BCUT2D eigenvalue weighted by atomic mass is 9.78. The average molecular weight is 1070 g/mol. The van der Waals surface area contributed by atoms with Crippen molar-refractivity contribution in [2.75, 3.05) is 53.8 Å². The number of nitrogens with zero attached hydrogens (tertiary/aromatic N) is 1. The molecule has 0 aromatic heterocycles. The Morgan fingerprint density at radius 2 is 1.55 bits per heavy atom. The largest absolute Gasteiger partial charge is 0.460 e. The van der Waals surface area contributed by atoms with Crippen molar-refractivity contribution in [2.24, 2.45) is 35.5 Å². The van der Waals surface area contributed by atoms with Gasteiger partial charge in [0.05, 0.1) is 50.8 Å². The van der Waals surface area contributed by atoms with Gasteiger partial charge in [-0.15, -0.1) is 0 Å². The fraction of sp³-hybridized carbons (Fsp3) is 0.768. The molecule has 2 bridgehead atoms. The van der Waals surface area contributed by atoms with Gasteiger partial charge in [0.15, 0.2) is 5.78 Å². The predicted molar refractivity (Wildman–Crippen MR) is 272 cm³/mol. The number of piperidine rings is 1. The van der Waals surface area contributed by atoms with Crippen molar-refractivity contribution in [3.8, 4) is 0 Å². The standard InChI is InChI=1S/C56H86F3NO15/c1-34-15-11-10-12-16-35(2)46(73-26-25-71-23-24-72-33-55(57,58)59)31-42-20-18-40(7)56(68,75-42)52(65)53(66)60-22-14-13-17-43(60)54(67)74-47(37(4)29-41-19-21-44(61)48(30-41)69-8)32-45(62)36(3)28-39(6)50(64)51(70-9)49(63)38(5)27-34/h10-12,15-16,28,34,36-38,40-44,46-48,50-51,61,64,68H,13-14,17-27,29-33H2,1-9H3/b12-10+,15-11+,35-16+,39-28+/t34-,36-,37-,38-,40-,41?,42+,43+,44-,46?,47?,48-,50-,51+,56-/m1/s1. The molecule has 4 aliphatic rings. The number of alkyl halides is 3. The maximum Gasteiger partial charge on any atom is 0.411 e. The van der Waals surface area contributed by atoms with Gasteiger partial charge in [-0.3, -0.25) is 19.2 Å². The molecule has 426 valence electrons. The minimum Gasteiger partial charge on any atom is -0.460 e. The fourth-order valence-electron chi connectivity index (χ4n) is 10.7. The van der Waals surface area contributed by atoms with E-state index in [2.05, 4.69) is 4.74 Å². The normalized spacial score (nSPS) is 36.9. The highest BCUT2D eigenvalue weighted by Crippen LogP contribution is 2.38. The van der Waals surface area contributed by atoms with Crippen LogP contribution in [-0.4, -0.2) is 164 Å². The van der Waals surface area contributed by atoms with Gasteiger partial charge in [0.1, 0.15) is 36.7 Å². The van der Waals surface area contributed by atoms with Crippen LogP contribution in [0.3, 0.4) is 0 Å². The van der Waals surface area contributed by atoms with Crippen LogP contribution < -0.4 is 0 Å². The summed E-state index contributed by atoms with van der Waals surface area (Å²) >= 11 is 0. The second-order valence-electron chi connectivity index (χ2n) is 21.5. The van der Waals surface area contributed by atoms with E-state index >= 15 is 0 Å². The lowest BCUT2D eigenvalue weighted by Crippen LogP contribution is -2.61. The Hall–Kier alpha value is -3.66. The summed E-state index contributed by atoms with van der Waals surface area (Å²) in [6.07, 6.45) is 4.79. The van der Waals surface area contributed by atoms with Crippen LogP contribution in [0, 0.1) is 35.5 Å². The summed E-state index contributed by atoms with van der Waals surface area (Å²) in [7, 11) is 2.89. The van der Waals surface area contributed by atoms with E-state index < -0.39 is 96.6 Å². The number of esters is 1. The molecule has 4 rings (SSSR count). The molecule has 15 atom stereocenters. The zero-order chi connectivity index (χ0) is 55.6. The molecule has 1 amide bonds. The van der Waals surface area contributed by atoms with Gasteiger partial charge in [0.25, 0.3) is 11.7 Å². The fourth-order valence-corrected chi connectivity index (χ4v) is 10.7. The molecular weight excluding hydrogens is 984 g/mol. The second kappa shape index (κ2) is 30.5. The summed E-state index contributed by atoms with van der Waals surface area (Å²) in [5.41, 5.74) is 1.07. The maximum absolute atomic E-state index is 14.5. The number of rotatable bonds is 13. The van der Waals surface area contributed by atoms with Crippen LogP contribution in [0.15, 0.2) is 47.6 Å². The number of Topliss-reactive ketones (excluding diaryl/α,β-unsaturated/α-hetero) is 3. The number of ether oxygens (including phenoxy) is 7. The van der Waals surface area contributed by atoms with Crippen LogP contribution in [0.1, 0.15) is 126 Å². The molecule has 75 heavy (non-hydrogen) atoms. The first-order chi connectivity index (χ1) is 35.4. The summed E-state index contributed by atoms with van der Waals surface area (Å²) in [5, 5.41) is 34.1. The van der Waals surface area contributed by atoms with E-state index in [1.54, 1.807) is 53.0 Å². The van der Waals surface area contributed by atoms with Crippen molar-refractivity contribution in [1.29, 1.82) is 0 Å². The molecule has 0 aromatic carbocycles. The summed E-state index contributed by atoms with van der Waals surface area (Å²) in [4.78, 5) is 72.4. The SMILES string of the molecule is CO[C@@H]1CC(C[C@@H](C)C2CC(=O)[C@H](C)/C=C(\C)[C@@H](O)[C@@H](OC)C(=O)[C@H](C)C[C@H](C)/C=C/C=C/C=C(\C)C(OCCOCCOCC(F)(F)F)C[C@@H]3CC[C@@H](C)[C@@](O)(O3)C(=O)C(=O)N3CCCC[C@H]3C(=O)O2)CC[C@H]1O. The molecule has 3 fully saturated rings. The molecule has 19 heteroatoms. The number of ketones is 3. The van der Waals surface area contributed by atoms with Crippen LogP contribution in [0.5, 0.6) is 0 Å². The molecule has 1 saturated carbocycles. The predicted octanol–water partition coefficient (Wildman–Crippen LogP) is 7.15. The number of allylic oxidation sites excluding steroid dienone is 6. The number of aliphatic hydroxyl groups is 3. The first kappa shape index (κ1) is 63.9. The lowest BCUT2D eigenvalue weighted by Gasteiger charge is -2.43. The summed E-state index contributed by atoms with van der Waals surface area (Å²) in [5.74, 6) is -8.80. The molecule has 0 aromatic rings. The molecule has 16 nitrogen and oxygen atoms in total. The van der Waals surface area contributed by atoms with E-state index in [-0.39, 0.29) is 87.7 Å². The summed E-state index contributed by atoms with van der Waals surface area (Å²) in [6.45, 7) is 10.6. The zero-order valence-corrected chi connectivity index (χ0v) is 45.6. The highest BCUT2D eigenvalue weighted by atomic mass is 19.4. The van der Waals surface area contributed by atoms with Crippen molar-refractivity contribution in [3.05, 3.63) is 47.6 Å². The topological polar surface area (TPSA) is 214 Å². The van der Waals surface area contributed by atoms with E-state index in [9.17, 15) is 52.5 Å². The highest BCUT2D eigenvalue weighted by molar-refractivity contribution is 6.39. The maximum atomic E-state index is 14.5. The van der Waals surface area contributed by atoms with E-state index in [1.807, 2.05) is 39.0 Å². The molecule has 3 N–H and O–H groups in total. The Balaban J connectivity index is 1.68. The number of aliphatic hydroxyl groups excluding tert-OH is 2. The van der Waals surface area contributed by atoms with Crippen molar-refractivity contribution >= 4 is 29.2 Å². The van der Waals surface area contributed by atoms with Gasteiger partial charge in [-0.25, -0.2) is 4.79 Å². The average Bonchev–Trinajstić information content (AvgIpc) is 3.36. The number of cyclic esters (lactones) is 1. The second-order valence-corrected chi connectivity index (χ2v) is 21.5. The lowest BCUT2D eigenvalue weighted by molar-refractivity contribution is -0.266. The molecule has 1 aliphatic carbocycles. The molecule has 0 radical (unpaired) electrons. The first-order valence-electron chi connectivity index (χ1n) is 26.9. The minimum atomic E-state index is -4.46. The van der Waals surface area contributed by atoms with Gasteiger partial charge in [-0.2, -0.15) is 13.2 Å². The Kier molecular flexibility index (Phi) is 26.0. The van der Waals surface area contributed by atoms with E-state index in [0.717, 1.165) is 10.5 Å². The van der Waals surface area contributed by atoms with E-state index in [1.165, 1.54) is 7.11 Å². The molecule has 3 heterocycles. The number of hydrogen-bond acceptors (Lipinski definition) is 15. The highest BCUT2D eigenvalue weighted by Gasteiger charge is 2.53. The van der Waals surface area contributed by atoms with Crippen molar-refractivity contribution in [1.82, 2.24) is 4.90 Å². The van der Waals surface area contributed by atoms with Crippen LogP contribution >= 0.6 is 0 Å². The number of amides is 1. The summed E-state index contributed by atoms with van der Waals surface area (Å²) in [6, 6.07) is -1.22. The number of carbonyl (C=O) groups is 5. The Bertz CT molecular complexity index is 1990. The molecule has 3 aliphatic heterocycles. The van der Waals surface area contributed by atoms with Gasteiger partial charge in [-0.05, 0) is 107 Å². The number of halogens is 3. The number of carbonyl (C=O) groups excluding carboxylic acids is 5. The van der Waals surface area contributed by atoms with Crippen LogP contribution in [0.2, 0.25) is 0 Å². The van der Waals surface area contributed by atoms with Crippen molar-refractivity contribution < 1.29 is 85.6 Å². The van der Waals surface area contributed by atoms with E-state index in [0.29, 0.717) is 63.4 Å². The van der Waals surface area contributed by atoms with Crippen molar-refractivity contribution in [3.63, 3.8) is 0 Å². The van der Waals surface area contributed by atoms with E-state index in [4.69, 9.17) is 28.4 Å². The third-order valence-electron chi connectivity index (χ3n) is 15.4. The number of methoxy groups -OCH3 is 2. The van der Waals surface area contributed by atoms with Crippen LogP contribution in [0.4, 0.5) is 13.2 Å². The number of hydrogen-bond donors (Lipinski definition) is 3. The van der Waals surface area contributed by atoms with Crippen LogP contribution in [-0.2, 0) is 57.1 Å².